The number of non-ortho nitro benzene ring substituents is 1. The van der Waals surface area contributed by atoms with E-state index < -0.39 is 16.7 Å². The summed E-state index contributed by atoms with van der Waals surface area (Å²) in [7, 11) is 0. The Morgan fingerprint density at radius 2 is 2.07 bits per heavy atom. The van der Waals surface area contributed by atoms with Crippen LogP contribution in [-0.4, -0.2) is 39.9 Å². The molecule has 1 N–H and O–H groups in total. The summed E-state index contributed by atoms with van der Waals surface area (Å²) in [6, 6.07) is 5.12. The molecule has 0 aliphatic rings. The summed E-state index contributed by atoms with van der Waals surface area (Å²) in [5.41, 5.74) is -0.100. The van der Waals surface area contributed by atoms with E-state index in [4.69, 9.17) is 11.6 Å². The standard InChI is InChI=1S/C18H21ClN4O5/c1-2-3-4-5-9-22(12-17(24)20-16-8-10-28-21-16)18(25)14-7-6-13(23(26)27)11-15(14)19/h6-8,10-11H,2-5,9,12H2,1H3,(H,20,21,24). The molecule has 0 saturated carbocycles. The highest BCUT2D eigenvalue weighted by Gasteiger charge is 2.22. The summed E-state index contributed by atoms with van der Waals surface area (Å²) in [6.07, 6.45) is 5.01. The quantitative estimate of drug-likeness (QED) is 0.361. The van der Waals surface area contributed by atoms with Crippen LogP contribution in [0.1, 0.15) is 43.0 Å². The van der Waals surface area contributed by atoms with E-state index in [0.717, 1.165) is 31.7 Å². The number of unbranched alkanes of at least 4 members (excludes halogenated alkanes) is 3. The summed E-state index contributed by atoms with van der Waals surface area (Å²) in [6.45, 7) is 2.23. The third-order valence-corrected chi connectivity index (χ3v) is 4.32. The van der Waals surface area contributed by atoms with E-state index >= 15 is 0 Å². The monoisotopic (exact) mass is 408 g/mol. The lowest BCUT2D eigenvalue weighted by Crippen LogP contribution is -2.39. The Labute approximate surface area is 166 Å². The summed E-state index contributed by atoms with van der Waals surface area (Å²) < 4.78 is 4.66. The Morgan fingerprint density at radius 3 is 2.68 bits per heavy atom. The van der Waals surface area contributed by atoms with E-state index in [1.807, 2.05) is 0 Å². The van der Waals surface area contributed by atoms with E-state index in [9.17, 15) is 19.7 Å². The van der Waals surface area contributed by atoms with E-state index in [1.54, 1.807) is 0 Å². The van der Waals surface area contributed by atoms with E-state index in [0.29, 0.717) is 6.54 Å². The second kappa shape index (κ2) is 10.4. The minimum Gasteiger partial charge on any atom is -0.363 e. The summed E-state index contributed by atoms with van der Waals surface area (Å²) in [4.78, 5) is 36.8. The van der Waals surface area contributed by atoms with Gasteiger partial charge in [0, 0.05) is 24.7 Å². The molecular formula is C18H21ClN4O5. The Hall–Kier alpha value is -2.94. The van der Waals surface area contributed by atoms with Crippen molar-refractivity contribution in [2.45, 2.75) is 32.6 Å². The van der Waals surface area contributed by atoms with Crippen molar-refractivity contribution in [2.75, 3.05) is 18.4 Å². The molecule has 1 aromatic heterocycles. The molecule has 0 bridgehead atoms. The number of hydrogen-bond donors (Lipinski definition) is 1. The largest absolute Gasteiger partial charge is 0.363 e. The maximum atomic E-state index is 12.9. The molecule has 2 amide bonds. The second-order valence-corrected chi connectivity index (χ2v) is 6.55. The van der Waals surface area contributed by atoms with E-state index in [1.165, 1.54) is 29.4 Å². The molecule has 0 fully saturated rings. The molecule has 150 valence electrons. The van der Waals surface area contributed by atoms with Gasteiger partial charge in [-0.3, -0.25) is 19.7 Å². The minimum absolute atomic E-state index is 0.0327. The third kappa shape index (κ3) is 6.05. The first-order valence-corrected chi connectivity index (χ1v) is 9.23. The molecule has 2 aromatic rings. The molecule has 0 aliphatic heterocycles. The predicted molar refractivity (Wildman–Crippen MR) is 103 cm³/mol. The molecule has 1 aromatic carbocycles. The van der Waals surface area contributed by atoms with Gasteiger partial charge in [0.05, 0.1) is 15.5 Å². The fourth-order valence-electron chi connectivity index (χ4n) is 2.58. The van der Waals surface area contributed by atoms with Gasteiger partial charge in [-0.05, 0) is 12.5 Å². The van der Waals surface area contributed by atoms with Gasteiger partial charge in [-0.2, -0.15) is 0 Å². The zero-order chi connectivity index (χ0) is 20.5. The van der Waals surface area contributed by atoms with Crippen LogP contribution in [0, 0.1) is 10.1 Å². The summed E-state index contributed by atoms with van der Waals surface area (Å²) in [5, 5.41) is 17.0. The van der Waals surface area contributed by atoms with Crippen LogP contribution in [0.25, 0.3) is 0 Å². The number of hydrogen-bond acceptors (Lipinski definition) is 6. The maximum absolute atomic E-state index is 12.9. The highest BCUT2D eigenvalue weighted by molar-refractivity contribution is 6.34. The maximum Gasteiger partial charge on any atom is 0.270 e. The van der Waals surface area contributed by atoms with Crippen LogP contribution in [0.3, 0.4) is 0 Å². The number of amides is 2. The topological polar surface area (TPSA) is 119 Å². The number of aromatic nitrogens is 1. The Morgan fingerprint density at radius 1 is 1.29 bits per heavy atom. The zero-order valence-corrected chi connectivity index (χ0v) is 16.1. The number of nitro benzene ring substituents is 1. The lowest BCUT2D eigenvalue weighted by Gasteiger charge is -2.22. The van der Waals surface area contributed by atoms with Gasteiger partial charge in [0.15, 0.2) is 5.82 Å². The van der Waals surface area contributed by atoms with Crippen molar-refractivity contribution in [2.24, 2.45) is 0 Å². The van der Waals surface area contributed by atoms with Crippen molar-refractivity contribution in [1.82, 2.24) is 10.1 Å². The van der Waals surface area contributed by atoms with Crippen molar-refractivity contribution in [1.29, 1.82) is 0 Å². The van der Waals surface area contributed by atoms with Crippen molar-refractivity contribution < 1.29 is 19.0 Å². The molecule has 0 saturated heterocycles. The number of nitro groups is 1. The molecule has 0 spiro atoms. The van der Waals surface area contributed by atoms with Crippen LogP contribution in [-0.2, 0) is 4.79 Å². The molecule has 0 radical (unpaired) electrons. The van der Waals surface area contributed by atoms with Crippen LogP contribution < -0.4 is 5.32 Å². The fourth-order valence-corrected chi connectivity index (χ4v) is 2.83. The second-order valence-electron chi connectivity index (χ2n) is 6.14. The first-order chi connectivity index (χ1) is 13.4. The average molecular weight is 409 g/mol. The van der Waals surface area contributed by atoms with Crippen molar-refractivity contribution in [3.05, 3.63) is 51.2 Å². The molecule has 0 unspecified atom stereocenters. The van der Waals surface area contributed by atoms with Crippen LogP contribution in [0.5, 0.6) is 0 Å². The van der Waals surface area contributed by atoms with Gasteiger partial charge in [-0.15, -0.1) is 0 Å². The highest BCUT2D eigenvalue weighted by atomic mass is 35.5. The molecular weight excluding hydrogens is 388 g/mol. The molecule has 9 nitrogen and oxygen atoms in total. The van der Waals surface area contributed by atoms with Crippen molar-refractivity contribution >= 4 is 34.9 Å². The van der Waals surface area contributed by atoms with Gasteiger partial charge >= 0.3 is 0 Å². The van der Waals surface area contributed by atoms with Crippen LogP contribution in [0.4, 0.5) is 11.5 Å². The molecule has 10 heteroatoms. The number of nitrogens with zero attached hydrogens (tertiary/aromatic N) is 3. The summed E-state index contributed by atoms with van der Waals surface area (Å²) in [5.74, 6) is -0.653. The minimum atomic E-state index is -0.589. The van der Waals surface area contributed by atoms with Gasteiger partial charge < -0.3 is 14.7 Å². The van der Waals surface area contributed by atoms with Crippen molar-refractivity contribution in [3.8, 4) is 0 Å². The van der Waals surface area contributed by atoms with Gasteiger partial charge in [0.25, 0.3) is 11.6 Å². The average Bonchev–Trinajstić information content (AvgIpc) is 3.16. The number of carbonyl (C=O) groups is 2. The number of benzene rings is 1. The van der Waals surface area contributed by atoms with Gasteiger partial charge in [-0.1, -0.05) is 42.9 Å². The molecule has 0 aliphatic carbocycles. The number of halogens is 1. The predicted octanol–water partition coefficient (Wildman–Crippen LogP) is 3.90. The lowest BCUT2D eigenvalue weighted by molar-refractivity contribution is -0.384. The highest BCUT2D eigenvalue weighted by Crippen LogP contribution is 2.24. The molecule has 1 heterocycles. The lowest BCUT2D eigenvalue weighted by atomic mass is 10.1. The first kappa shape index (κ1) is 21.4. The fraction of sp³-hybridized carbons (Fsp3) is 0.389. The van der Waals surface area contributed by atoms with E-state index in [2.05, 4.69) is 21.9 Å². The van der Waals surface area contributed by atoms with Crippen LogP contribution in [0.15, 0.2) is 35.1 Å². The van der Waals surface area contributed by atoms with Crippen LogP contribution >= 0.6 is 11.6 Å². The Kier molecular flexibility index (Phi) is 7.94. The SMILES string of the molecule is CCCCCCN(CC(=O)Nc1ccon1)C(=O)c1ccc([N+](=O)[O-])cc1Cl. The normalized spacial score (nSPS) is 10.5. The van der Waals surface area contributed by atoms with Gasteiger partial charge in [0.2, 0.25) is 5.91 Å². The molecule has 28 heavy (non-hydrogen) atoms. The Balaban J connectivity index is 2.13. The zero-order valence-electron chi connectivity index (χ0n) is 15.4. The van der Waals surface area contributed by atoms with Gasteiger partial charge in [-0.25, -0.2) is 0 Å². The Bertz CT molecular complexity index is 825. The van der Waals surface area contributed by atoms with E-state index in [-0.39, 0.29) is 28.6 Å². The van der Waals surface area contributed by atoms with Crippen molar-refractivity contribution in [3.63, 3.8) is 0 Å². The smallest absolute Gasteiger partial charge is 0.270 e. The molecule has 2 rings (SSSR count). The third-order valence-electron chi connectivity index (χ3n) is 4.00. The number of rotatable bonds is 10. The number of carbonyl (C=O) groups excluding carboxylic acids is 2. The van der Waals surface area contributed by atoms with Gasteiger partial charge in [0.1, 0.15) is 12.8 Å². The molecule has 0 atom stereocenters. The summed E-state index contributed by atoms with van der Waals surface area (Å²) >= 11 is 6.07. The first-order valence-electron chi connectivity index (χ1n) is 8.85. The number of anilines is 1. The van der Waals surface area contributed by atoms with Crippen LogP contribution in [0.2, 0.25) is 5.02 Å². The number of nitrogens with one attached hydrogen (secondary N) is 1.